The fourth-order valence-electron chi connectivity index (χ4n) is 2.85. The minimum atomic E-state index is 0.145. The highest BCUT2D eigenvalue weighted by Gasteiger charge is 2.25. The zero-order valence-corrected chi connectivity index (χ0v) is 13.6. The Morgan fingerprint density at radius 3 is 2.52 bits per heavy atom. The predicted octanol–water partition coefficient (Wildman–Crippen LogP) is 2.59. The van der Waals surface area contributed by atoms with E-state index in [0.717, 1.165) is 49.4 Å². The largest absolute Gasteiger partial charge is 0.387 e. The third-order valence-corrected chi connectivity index (χ3v) is 4.49. The molecule has 1 aromatic carbocycles. The standard InChI is InChI=1S/C17H27N3O/c1-5-14(3)19-8-10-20(11-9-19)17(21)15-12-13(2)6-7-16(15)18-4/h6-7,12,14,18H,5,8-11H2,1-4H3. The number of benzene rings is 1. The van der Waals surface area contributed by atoms with Crippen LogP contribution in [0.4, 0.5) is 5.69 Å². The lowest BCUT2D eigenvalue weighted by Crippen LogP contribution is -2.51. The van der Waals surface area contributed by atoms with Gasteiger partial charge in [0.15, 0.2) is 0 Å². The maximum atomic E-state index is 12.7. The van der Waals surface area contributed by atoms with Gasteiger partial charge in [-0.2, -0.15) is 0 Å². The topological polar surface area (TPSA) is 35.6 Å². The second kappa shape index (κ2) is 6.94. The summed E-state index contributed by atoms with van der Waals surface area (Å²) in [4.78, 5) is 17.2. The molecule has 0 aliphatic carbocycles. The van der Waals surface area contributed by atoms with Crippen LogP contribution in [0, 0.1) is 6.92 Å². The van der Waals surface area contributed by atoms with Crippen LogP contribution in [0.25, 0.3) is 0 Å². The molecule has 1 N–H and O–H groups in total. The molecule has 1 amide bonds. The summed E-state index contributed by atoms with van der Waals surface area (Å²) in [7, 11) is 1.86. The Bertz CT molecular complexity index is 493. The number of hydrogen-bond acceptors (Lipinski definition) is 3. The Kier molecular flexibility index (Phi) is 5.23. The molecule has 0 saturated carbocycles. The smallest absolute Gasteiger partial charge is 0.256 e. The Balaban J connectivity index is 2.07. The maximum Gasteiger partial charge on any atom is 0.256 e. The molecule has 21 heavy (non-hydrogen) atoms. The van der Waals surface area contributed by atoms with Gasteiger partial charge in [0.2, 0.25) is 0 Å². The minimum absolute atomic E-state index is 0.145. The quantitative estimate of drug-likeness (QED) is 0.925. The van der Waals surface area contributed by atoms with Crippen LogP contribution in [0.15, 0.2) is 18.2 Å². The number of carbonyl (C=O) groups is 1. The zero-order chi connectivity index (χ0) is 15.4. The number of carbonyl (C=O) groups excluding carboxylic acids is 1. The Labute approximate surface area is 128 Å². The molecule has 1 atom stereocenters. The van der Waals surface area contributed by atoms with Crippen molar-refractivity contribution in [3.8, 4) is 0 Å². The number of amides is 1. The molecular formula is C17H27N3O. The van der Waals surface area contributed by atoms with E-state index in [2.05, 4.69) is 24.1 Å². The number of aryl methyl sites for hydroxylation is 1. The van der Waals surface area contributed by atoms with E-state index >= 15 is 0 Å². The van der Waals surface area contributed by atoms with Crippen LogP contribution in [-0.2, 0) is 0 Å². The molecular weight excluding hydrogens is 262 g/mol. The summed E-state index contributed by atoms with van der Waals surface area (Å²) in [6.45, 7) is 10.1. The Morgan fingerprint density at radius 1 is 1.29 bits per heavy atom. The van der Waals surface area contributed by atoms with Gasteiger partial charge in [0.05, 0.1) is 5.56 Å². The molecule has 1 aliphatic rings. The van der Waals surface area contributed by atoms with Gasteiger partial charge in [-0.1, -0.05) is 18.6 Å². The molecule has 4 heteroatoms. The molecule has 0 spiro atoms. The van der Waals surface area contributed by atoms with E-state index in [-0.39, 0.29) is 5.91 Å². The summed E-state index contributed by atoms with van der Waals surface area (Å²) in [5.41, 5.74) is 2.82. The van der Waals surface area contributed by atoms with E-state index in [0.29, 0.717) is 6.04 Å². The monoisotopic (exact) mass is 289 g/mol. The fraction of sp³-hybridized carbons (Fsp3) is 0.588. The van der Waals surface area contributed by atoms with Crippen molar-refractivity contribution in [1.82, 2.24) is 9.80 Å². The highest BCUT2D eigenvalue weighted by molar-refractivity contribution is 5.99. The van der Waals surface area contributed by atoms with Crippen molar-refractivity contribution in [2.45, 2.75) is 33.2 Å². The molecule has 1 fully saturated rings. The number of rotatable bonds is 4. The third-order valence-electron chi connectivity index (χ3n) is 4.49. The van der Waals surface area contributed by atoms with Gasteiger partial charge in [0.25, 0.3) is 5.91 Å². The second-order valence-corrected chi connectivity index (χ2v) is 5.88. The molecule has 0 radical (unpaired) electrons. The number of anilines is 1. The summed E-state index contributed by atoms with van der Waals surface area (Å²) < 4.78 is 0. The van der Waals surface area contributed by atoms with Gasteiger partial charge >= 0.3 is 0 Å². The van der Waals surface area contributed by atoms with Gasteiger partial charge in [-0.3, -0.25) is 9.69 Å². The van der Waals surface area contributed by atoms with Crippen LogP contribution in [0.2, 0.25) is 0 Å². The van der Waals surface area contributed by atoms with Crippen molar-refractivity contribution in [2.75, 3.05) is 38.5 Å². The number of piperazine rings is 1. The van der Waals surface area contributed by atoms with E-state index in [1.807, 2.05) is 37.1 Å². The molecule has 0 aromatic heterocycles. The first-order valence-corrected chi connectivity index (χ1v) is 7.88. The fourth-order valence-corrected chi connectivity index (χ4v) is 2.85. The van der Waals surface area contributed by atoms with E-state index in [1.54, 1.807) is 0 Å². The first-order chi connectivity index (χ1) is 10.1. The van der Waals surface area contributed by atoms with Crippen molar-refractivity contribution in [2.24, 2.45) is 0 Å². The van der Waals surface area contributed by atoms with Crippen molar-refractivity contribution >= 4 is 11.6 Å². The number of nitrogens with one attached hydrogen (secondary N) is 1. The van der Waals surface area contributed by atoms with Gasteiger partial charge in [-0.15, -0.1) is 0 Å². The maximum absolute atomic E-state index is 12.7. The molecule has 1 heterocycles. The van der Waals surface area contributed by atoms with Crippen molar-refractivity contribution in [3.05, 3.63) is 29.3 Å². The third kappa shape index (κ3) is 3.56. The second-order valence-electron chi connectivity index (χ2n) is 5.88. The van der Waals surface area contributed by atoms with Crippen LogP contribution in [0.1, 0.15) is 36.2 Å². The Morgan fingerprint density at radius 2 is 1.95 bits per heavy atom. The molecule has 4 nitrogen and oxygen atoms in total. The molecule has 1 saturated heterocycles. The lowest BCUT2D eigenvalue weighted by Gasteiger charge is -2.38. The Hall–Kier alpha value is -1.55. The molecule has 1 aliphatic heterocycles. The van der Waals surface area contributed by atoms with Gasteiger partial charge in [-0.05, 0) is 32.4 Å². The summed E-state index contributed by atoms with van der Waals surface area (Å²) in [6.07, 6.45) is 1.16. The minimum Gasteiger partial charge on any atom is -0.387 e. The van der Waals surface area contributed by atoms with Crippen LogP contribution < -0.4 is 5.32 Å². The molecule has 1 aromatic rings. The molecule has 2 rings (SSSR count). The average Bonchev–Trinajstić information content (AvgIpc) is 2.53. The highest BCUT2D eigenvalue weighted by atomic mass is 16.2. The van der Waals surface area contributed by atoms with Gasteiger partial charge in [-0.25, -0.2) is 0 Å². The van der Waals surface area contributed by atoms with Crippen molar-refractivity contribution < 1.29 is 4.79 Å². The normalized spacial score (nSPS) is 17.6. The van der Waals surface area contributed by atoms with E-state index in [1.165, 1.54) is 0 Å². The van der Waals surface area contributed by atoms with E-state index in [9.17, 15) is 4.79 Å². The van der Waals surface area contributed by atoms with Crippen LogP contribution in [0.3, 0.4) is 0 Å². The predicted molar refractivity (Wildman–Crippen MR) is 88.0 cm³/mol. The van der Waals surface area contributed by atoms with Gasteiger partial charge < -0.3 is 10.2 Å². The number of hydrogen-bond donors (Lipinski definition) is 1. The first kappa shape index (κ1) is 15.8. The van der Waals surface area contributed by atoms with E-state index in [4.69, 9.17) is 0 Å². The zero-order valence-electron chi connectivity index (χ0n) is 13.6. The van der Waals surface area contributed by atoms with E-state index < -0.39 is 0 Å². The summed E-state index contributed by atoms with van der Waals surface area (Å²) >= 11 is 0. The lowest BCUT2D eigenvalue weighted by molar-refractivity contribution is 0.0580. The van der Waals surface area contributed by atoms with Crippen molar-refractivity contribution in [1.29, 1.82) is 0 Å². The molecule has 1 unspecified atom stereocenters. The number of nitrogens with zero attached hydrogens (tertiary/aromatic N) is 2. The van der Waals surface area contributed by atoms with Gasteiger partial charge in [0, 0.05) is 45.0 Å². The SMILES string of the molecule is CCC(C)N1CCN(C(=O)c2cc(C)ccc2NC)CC1. The highest BCUT2D eigenvalue weighted by Crippen LogP contribution is 2.20. The summed E-state index contributed by atoms with van der Waals surface area (Å²) in [6, 6.07) is 6.60. The van der Waals surface area contributed by atoms with Gasteiger partial charge in [0.1, 0.15) is 0 Å². The van der Waals surface area contributed by atoms with Crippen LogP contribution >= 0.6 is 0 Å². The average molecular weight is 289 g/mol. The molecule has 0 bridgehead atoms. The first-order valence-electron chi connectivity index (χ1n) is 7.88. The van der Waals surface area contributed by atoms with Crippen LogP contribution in [-0.4, -0.2) is 55.0 Å². The summed E-state index contributed by atoms with van der Waals surface area (Å²) in [5.74, 6) is 0.145. The lowest BCUT2D eigenvalue weighted by atomic mass is 10.1. The van der Waals surface area contributed by atoms with Crippen molar-refractivity contribution in [3.63, 3.8) is 0 Å². The summed E-state index contributed by atoms with van der Waals surface area (Å²) in [5, 5.41) is 3.12. The molecule has 116 valence electrons. The van der Waals surface area contributed by atoms with Crippen LogP contribution in [0.5, 0.6) is 0 Å².